The summed E-state index contributed by atoms with van der Waals surface area (Å²) in [6.45, 7) is 12.1. The molecule has 2 aliphatic rings. The van der Waals surface area contributed by atoms with E-state index in [0.29, 0.717) is 18.5 Å². The molecule has 136 valence electrons. The topological polar surface area (TPSA) is 65.7 Å². The monoisotopic (exact) mass is 447 g/mol. The molecule has 0 amide bonds. The van der Waals surface area contributed by atoms with Crippen LogP contribution in [0.25, 0.3) is 0 Å². The molecule has 1 saturated carbocycles. The lowest BCUT2D eigenvalue weighted by molar-refractivity contribution is 0.315. The number of aromatic nitrogens is 1. The van der Waals surface area contributed by atoms with Gasteiger partial charge in [-0.05, 0) is 39.5 Å². The first-order valence-corrected chi connectivity index (χ1v) is 8.79. The van der Waals surface area contributed by atoms with Crippen LogP contribution in [0.5, 0.6) is 0 Å². The quantitative estimate of drug-likeness (QED) is 0.413. The summed E-state index contributed by atoms with van der Waals surface area (Å²) < 4.78 is 5.22. The van der Waals surface area contributed by atoms with E-state index in [0.717, 1.165) is 42.1 Å². The van der Waals surface area contributed by atoms with Gasteiger partial charge in [0, 0.05) is 37.3 Å². The van der Waals surface area contributed by atoms with Gasteiger partial charge >= 0.3 is 0 Å². The van der Waals surface area contributed by atoms with Gasteiger partial charge in [-0.15, -0.1) is 24.0 Å². The molecule has 2 heterocycles. The molecule has 7 heteroatoms. The largest absolute Gasteiger partial charge is 0.361 e. The van der Waals surface area contributed by atoms with Crippen LogP contribution >= 0.6 is 24.0 Å². The van der Waals surface area contributed by atoms with Gasteiger partial charge in [-0.2, -0.15) is 0 Å². The fourth-order valence-corrected chi connectivity index (χ4v) is 3.31. The molecule has 2 N–H and O–H groups in total. The second kappa shape index (κ2) is 8.51. The lowest BCUT2D eigenvalue weighted by Gasteiger charge is -2.20. The Hall–Kier alpha value is -0.830. The molecule has 0 bridgehead atoms. The maximum Gasteiger partial charge on any atom is 0.191 e. The Balaban J connectivity index is 0.00000208. The minimum atomic E-state index is 0. The smallest absolute Gasteiger partial charge is 0.191 e. The van der Waals surface area contributed by atoms with Crippen molar-refractivity contribution in [1.29, 1.82) is 0 Å². The fraction of sp³-hybridized carbons (Fsp3) is 0.765. The van der Waals surface area contributed by atoms with Crippen molar-refractivity contribution in [1.82, 2.24) is 20.7 Å². The van der Waals surface area contributed by atoms with Crippen LogP contribution in [0.1, 0.15) is 43.7 Å². The summed E-state index contributed by atoms with van der Waals surface area (Å²) in [6, 6.07) is 1.31. The summed E-state index contributed by atoms with van der Waals surface area (Å²) in [4.78, 5) is 7.36. The molecule has 1 aromatic rings. The lowest BCUT2D eigenvalue weighted by Crippen LogP contribution is -2.46. The van der Waals surface area contributed by atoms with Gasteiger partial charge < -0.3 is 15.2 Å². The summed E-state index contributed by atoms with van der Waals surface area (Å²) >= 11 is 0. The maximum absolute atomic E-state index is 5.22. The van der Waals surface area contributed by atoms with Crippen LogP contribution in [0.2, 0.25) is 0 Å². The van der Waals surface area contributed by atoms with E-state index in [9.17, 15) is 0 Å². The van der Waals surface area contributed by atoms with Crippen LogP contribution < -0.4 is 10.6 Å². The second-order valence-corrected chi connectivity index (χ2v) is 6.91. The Morgan fingerprint density at radius 2 is 2.08 bits per heavy atom. The molecule has 0 spiro atoms. The molecule has 6 nitrogen and oxygen atoms in total. The first kappa shape index (κ1) is 19.5. The number of guanidine groups is 1. The number of halogens is 1. The van der Waals surface area contributed by atoms with Crippen molar-refractivity contribution in [3.63, 3.8) is 0 Å². The minimum absolute atomic E-state index is 0. The van der Waals surface area contributed by atoms with E-state index in [4.69, 9.17) is 9.52 Å². The van der Waals surface area contributed by atoms with Crippen molar-refractivity contribution >= 4 is 29.9 Å². The highest BCUT2D eigenvalue weighted by Crippen LogP contribution is 2.31. The molecule has 2 unspecified atom stereocenters. The van der Waals surface area contributed by atoms with Crippen LogP contribution in [0, 0.1) is 19.8 Å². The van der Waals surface area contributed by atoms with Gasteiger partial charge in [-0.1, -0.05) is 12.1 Å². The highest BCUT2D eigenvalue weighted by atomic mass is 127. The number of rotatable bonds is 5. The number of aliphatic imine (C=N–C) groups is 1. The van der Waals surface area contributed by atoms with Crippen molar-refractivity contribution in [3.8, 4) is 0 Å². The second-order valence-electron chi connectivity index (χ2n) is 6.91. The summed E-state index contributed by atoms with van der Waals surface area (Å²) in [5, 5.41) is 11.0. The molecule has 1 saturated heterocycles. The summed E-state index contributed by atoms with van der Waals surface area (Å²) in [5.41, 5.74) is 2.01. The Labute approximate surface area is 161 Å². The molecule has 1 aliphatic heterocycles. The third-order valence-corrected chi connectivity index (χ3v) is 4.95. The van der Waals surface area contributed by atoms with E-state index >= 15 is 0 Å². The lowest BCUT2D eigenvalue weighted by atomic mass is 10.1. The van der Waals surface area contributed by atoms with Crippen molar-refractivity contribution < 1.29 is 4.52 Å². The van der Waals surface area contributed by atoms with Gasteiger partial charge in [-0.25, -0.2) is 4.99 Å². The van der Waals surface area contributed by atoms with E-state index < -0.39 is 0 Å². The average molecular weight is 447 g/mol. The molecule has 0 aromatic carbocycles. The van der Waals surface area contributed by atoms with Gasteiger partial charge in [0.1, 0.15) is 5.76 Å². The van der Waals surface area contributed by atoms with Gasteiger partial charge in [-0.3, -0.25) is 4.90 Å². The van der Waals surface area contributed by atoms with E-state index in [-0.39, 0.29) is 24.0 Å². The van der Waals surface area contributed by atoms with Gasteiger partial charge in [0.2, 0.25) is 0 Å². The van der Waals surface area contributed by atoms with Crippen molar-refractivity contribution in [3.05, 3.63) is 17.0 Å². The predicted molar refractivity (Wildman–Crippen MR) is 107 cm³/mol. The Bertz CT molecular complexity index is 550. The van der Waals surface area contributed by atoms with Crippen LogP contribution in [0.4, 0.5) is 0 Å². The van der Waals surface area contributed by atoms with Crippen molar-refractivity contribution in [2.24, 2.45) is 10.9 Å². The number of aryl methyl sites for hydroxylation is 2. The summed E-state index contributed by atoms with van der Waals surface area (Å²) in [5.74, 6) is 2.40. The van der Waals surface area contributed by atoms with E-state index in [1.54, 1.807) is 0 Å². The van der Waals surface area contributed by atoms with E-state index in [2.05, 4.69) is 34.5 Å². The van der Waals surface area contributed by atoms with Gasteiger partial charge in [0.05, 0.1) is 12.2 Å². The summed E-state index contributed by atoms with van der Waals surface area (Å²) in [7, 11) is 0. The number of hydrogen-bond acceptors (Lipinski definition) is 4. The molecule has 2 atom stereocenters. The van der Waals surface area contributed by atoms with E-state index in [1.807, 2.05) is 13.8 Å². The first-order valence-electron chi connectivity index (χ1n) is 8.79. The Morgan fingerprint density at radius 3 is 2.67 bits per heavy atom. The number of hydrogen-bond donors (Lipinski definition) is 2. The number of nitrogens with zero attached hydrogens (tertiary/aromatic N) is 3. The van der Waals surface area contributed by atoms with Crippen LogP contribution in [-0.2, 0) is 6.54 Å². The Kier molecular flexibility index (Phi) is 6.91. The van der Waals surface area contributed by atoms with Crippen LogP contribution in [0.3, 0.4) is 0 Å². The SMILES string of the molecule is CCNC(=NCc1c(C)noc1C)NC1CN(C2CC2)CC1C.I. The van der Waals surface area contributed by atoms with E-state index in [1.165, 1.54) is 19.4 Å². The molecule has 3 rings (SSSR count). The molecule has 24 heavy (non-hydrogen) atoms. The molecule has 1 aromatic heterocycles. The maximum atomic E-state index is 5.22. The van der Waals surface area contributed by atoms with Crippen molar-refractivity contribution in [2.75, 3.05) is 19.6 Å². The highest BCUT2D eigenvalue weighted by Gasteiger charge is 2.38. The zero-order chi connectivity index (χ0) is 16.4. The van der Waals surface area contributed by atoms with Gasteiger partial charge in [0.25, 0.3) is 0 Å². The van der Waals surface area contributed by atoms with Crippen LogP contribution in [0.15, 0.2) is 9.52 Å². The predicted octanol–water partition coefficient (Wildman–Crippen LogP) is 2.45. The Morgan fingerprint density at radius 1 is 1.33 bits per heavy atom. The number of likely N-dealkylation sites (tertiary alicyclic amines) is 1. The molecule has 1 aliphatic carbocycles. The van der Waals surface area contributed by atoms with Crippen LogP contribution in [-0.4, -0.2) is 47.7 Å². The highest BCUT2D eigenvalue weighted by molar-refractivity contribution is 14.0. The summed E-state index contributed by atoms with van der Waals surface area (Å²) in [6.07, 6.45) is 2.75. The van der Waals surface area contributed by atoms with Gasteiger partial charge in [0.15, 0.2) is 5.96 Å². The minimum Gasteiger partial charge on any atom is -0.361 e. The third kappa shape index (κ3) is 4.62. The third-order valence-electron chi connectivity index (χ3n) is 4.95. The molecular formula is C17H30IN5O. The standard InChI is InChI=1S/C17H29N5O.HI/c1-5-18-17(19-8-15-12(3)21-23-13(15)4)20-16-10-22(9-11(16)2)14-6-7-14;/h11,14,16H,5-10H2,1-4H3,(H2,18,19,20);1H. The fourth-order valence-electron chi connectivity index (χ4n) is 3.31. The molecule has 2 fully saturated rings. The first-order chi connectivity index (χ1) is 11.1. The molecular weight excluding hydrogens is 417 g/mol. The zero-order valence-electron chi connectivity index (χ0n) is 15.1. The average Bonchev–Trinajstić information content (AvgIpc) is 3.24. The molecule has 0 radical (unpaired) electrons. The van der Waals surface area contributed by atoms with Crippen molar-refractivity contribution in [2.45, 2.75) is 59.2 Å². The number of nitrogens with one attached hydrogen (secondary N) is 2. The zero-order valence-corrected chi connectivity index (χ0v) is 17.5. The normalized spacial score (nSPS) is 24.8.